The van der Waals surface area contributed by atoms with E-state index >= 15 is 0 Å². The number of carboxylic acids is 1. The number of aromatic carboxylic acids is 1. The Balaban J connectivity index is 2.02. The second-order valence-electron chi connectivity index (χ2n) is 4.28. The van der Waals surface area contributed by atoms with Crippen LogP contribution >= 0.6 is 15.9 Å². The third-order valence-corrected chi connectivity index (χ3v) is 3.17. The van der Waals surface area contributed by atoms with Gasteiger partial charge in [0.15, 0.2) is 0 Å². The van der Waals surface area contributed by atoms with Crippen LogP contribution in [-0.4, -0.2) is 22.1 Å². The zero-order chi connectivity index (χ0) is 15.4. The van der Waals surface area contributed by atoms with Gasteiger partial charge in [0.05, 0.1) is 11.9 Å². The number of rotatable bonds is 3. The predicted molar refractivity (Wildman–Crippen MR) is 82.7 cm³/mol. The average Bonchev–Trinajstić information content (AvgIpc) is 2.42. The number of amides is 2. The van der Waals surface area contributed by atoms with Crippen molar-refractivity contribution in [2.75, 3.05) is 10.6 Å². The second-order valence-corrected chi connectivity index (χ2v) is 5.19. The molecule has 2 rings (SSSR count). The number of carboxylic acid groups (broad SMARTS) is 1. The van der Waals surface area contributed by atoms with Gasteiger partial charge in [0, 0.05) is 10.2 Å². The molecule has 0 atom stereocenters. The van der Waals surface area contributed by atoms with Gasteiger partial charge in [-0.15, -0.1) is 0 Å². The summed E-state index contributed by atoms with van der Waals surface area (Å²) < 4.78 is 0.930. The number of urea groups is 1. The van der Waals surface area contributed by atoms with Gasteiger partial charge in [0.2, 0.25) is 0 Å². The summed E-state index contributed by atoms with van der Waals surface area (Å²) in [5.74, 6) is -1.11. The van der Waals surface area contributed by atoms with E-state index in [1.54, 1.807) is 6.07 Å². The number of halogens is 1. The summed E-state index contributed by atoms with van der Waals surface area (Å²) in [6.07, 6.45) is 1.29. The molecular weight excluding hydrogens is 338 g/mol. The lowest BCUT2D eigenvalue weighted by atomic mass is 10.2. The summed E-state index contributed by atoms with van der Waals surface area (Å²) in [6.45, 7) is 1.88. The van der Waals surface area contributed by atoms with E-state index in [0.29, 0.717) is 11.4 Å². The van der Waals surface area contributed by atoms with E-state index in [-0.39, 0.29) is 5.69 Å². The van der Waals surface area contributed by atoms with E-state index in [4.69, 9.17) is 5.11 Å². The molecule has 0 aliphatic carbocycles. The van der Waals surface area contributed by atoms with Gasteiger partial charge < -0.3 is 15.7 Å². The molecule has 0 unspecified atom stereocenters. The van der Waals surface area contributed by atoms with Gasteiger partial charge >= 0.3 is 12.0 Å². The Morgan fingerprint density at radius 1 is 1.19 bits per heavy atom. The van der Waals surface area contributed by atoms with Gasteiger partial charge in [0.25, 0.3) is 0 Å². The lowest BCUT2D eigenvalue weighted by molar-refractivity contribution is 0.0690. The molecular formula is C14H12BrN3O3. The molecule has 108 valence electrons. The Labute approximate surface area is 129 Å². The summed E-state index contributed by atoms with van der Waals surface area (Å²) in [7, 11) is 0. The maximum absolute atomic E-state index is 11.9. The van der Waals surface area contributed by atoms with Gasteiger partial charge in [0.1, 0.15) is 5.69 Å². The van der Waals surface area contributed by atoms with Crippen molar-refractivity contribution in [1.29, 1.82) is 0 Å². The third kappa shape index (κ3) is 4.03. The van der Waals surface area contributed by atoms with Gasteiger partial charge in [-0.2, -0.15) is 0 Å². The molecule has 0 fully saturated rings. The number of aryl methyl sites for hydroxylation is 1. The van der Waals surface area contributed by atoms with Crippen LogP contribution in [0.1, 0.15) is 16.1 Å². The first-order valence-electron chi connectivity index (χ1n) is 5.99. The van der Waals surface area contributed by atoms with Crippen molar-refractivity contribution >= 4 is 39.3 Å². The fourth-order valence-electron chi connectivity index (χ4n) is 1.65. The van der Waals surface area contributed by atoms with Gasteiger partial charge in [-0.3, -0.25) is 0 Å². The highest BCUT2D eigenvalue weighted by molar-refractivity contribution is 9.10. The molecule has 0 aliphatic rings. The number of carbonyl (C=O) groups excluding carboxylic acids is 1. The topological polar surface area (TPSA) is 91.3 Å². The molecule has 0 bridgehead atoms. The molecule has 3 N–H and O–H groups in total. The molecule has 1 aromatic heterocycles. The number of nitrogens with one attached hydrogen (secondary N) is 2. The van der Waals surface area contributed by atoms with Crippen molar-refractivity contribution in [2.45, 2.75) is 6.92 Å². The number of hydrogen-bond acceptors (Lipinski definition) is 3. The highest BCUT2D eigenvalue weighted by Gasteiger charge is 2.07. The molecule has 2 aromatic rings. The molecule has 6 nitrogen and oxygen atoms in total. The van der Waals surface area contributed by atoms with Gasteiger partial charge in [-0.25, -0.2) is 14.6 Å². The summed E-state index contributed by atoms with van der Waals surface area (Å²) in [4.78, 5) is 26.3. The lowest BCUT2D eigenvalue weighted by Crippen LogP contribution is -2.20. The lowest BCUT2D eigenvalue weighted by Gasteiger charge is -2.10. The second kappa shape index (κ2) is 6.36. The van der Waals surface area contributed by atoms with Crippen molar-refractivity contribution in [3.8, 4) is 0 Å². The standard InChI is InChI=1S/C14H12BrN3O3/c1-8-6-9(15)2-4-11(8)18-14(21)17-10-3-5-12(13(19)20)16-7-10/h2-7H,1H3,(H,19,20)(H2,17,18,21). The van der Waals surface area contributed by atoms with Crippen LogP contribution in [0.25, 0.3) is 0 Å². The first-order chi connectivity index (χ1) is 9.95. The molecule has 0 spiro atoms. The Hall–Kier alpha value is -2.41. The molecule has 0 saturated carbocycles. The van der Waals surface area contributed by atoms with Crippen molar-refractivity contribution in [3.63, 3.8) is 0 Å². The van der Waals surface area contributed by atoms with Crippen LogP contribution in [0.4, 0.5) is 16.2 Å². The Kier molecular flexibility index (Phi) is 4.54. The molecule has 1 heterocycles. The van der Waals surface area contributed by atoms with Crippen LogP contribution in [0.2, 0.25) is 0 Å². The largest absolute Gasteiger partial charge is 0.477 e. The van der Waals surface area contributed by atoms with E-state index < -0.39 is 12.0 Å². The fraction of sp³-hybridized carbons (Fsp3) is 0.0714. The van der Waals surface area contributed by atoms with Crippen molar-refractivity contribution in [1.82, 2.24) is 4.98 Å². The molecule has 7 heteroatoms. The van der Waals surface area contributed by atoms with Crippen LogP contribution < -0.4 is 10.6 Å². The van der Waals surface area contributed by atoms with Crippen LogP contribution in [0.15, 0.2) is 41.0 Å². The van der Waals surface area contributed by atoms with Gasteiger partial charge in [-0.1, -0.05) is 15.9 Å². The number of nitrogens with zero attached hydrogens (tertiary/aromatic N) is 1. The number of anilines is 2. The molecule has 0 radical (unpaired) electrons. The third-order valence-electron chi connectivity index (χ3n) is 2.68. The first kappa shape index (κ1) is 15.0. The monoisotopic (exact) mass is 349 g/mol. The van der Waals surface area contributed by atoms with Crippen molar-refractivity contribution in [3.05, 3.63) is 52.3 Å². The quantitative estimate of drug-likeness (QED) is 0.790. The van der Waals surface area contributed by atoms with Crippen LogP contribution in [0.5, 0.6) is 0 Å². The Bertz CT molecular complexity index is 686. The van der Waals surface area contributed by atoms with E-state index in [2.05, 4.69) is 31.5 Å². The molecule has 1 aromatic carbocycles. The van der Waals surface area contributed by atoms with Crippen molar-refractivity contribution in [2.24, 2.45) is 0 Å². The molecule has 21 heavy (non-hydrogen) atoms. The van der Waals surface area contributed by atoms with Crippen LogP contribution in [0.3, 0.4) is 0 Å². The van der Waals surface area contributed by atoms with E-state index in [0.717, 1.165) is 10.0 Å². The minimum atomic E-state index is -1.11. The number of pyridine rings is 1. The maximum Gasteiger partial charge on any atom is 0.354 e. The predicted octanol–water partition coefficient (Wildman–Crippen LogP) is 3.49. The minimum Gasteiger partial charge on any atom is -0.477 e. The van der Waals surface area contributed by atoms with E-state index in [1.165, 1.54) is 18.3 Å². The number of hydrogen-bond donors (Lipinski definition) is 3. The molecule has 0 aliphatic heterocycles. The summed E-state index contributed by atoms with van der Waals surface area (Å²) in [6, 6.07) is 7.87. The summed E-state index contributed by atoms with van der Waals surface area (Å²) in [5.41, 5.74) is 1.93. The highest BCUT2D eigenvalue weighted by Crippen LogP contribution is 2.20. The van der Waals surface area contributed by atoms with Crippen LogP contribution in [0, 0.1) is 6.92 Å². The minimum absolute atomic E-state index is 0.0790. The zero-order valence-corrected chi connectivity index (χ0v) is 12.6. The highest BCUT2D eigenvalue weighted by atomic mass is 79.9. The normalized spacial score (nSPS) is 10.0. The number of aromatic nitrogens is 1. The summed E-state index contributed by atoms with van der Waals surface area (Å²) in [5, 5.41) is 14.0. The summed E-state index contributed by atoms with van der Waals surface area (Å²) >= 11 is 3.35. The fourth-order valence-corrected chi connectivity index (χ4v) is 2.12. The Morgan fingerprint density at radius 3 is 2.52 bits per heavy atom. The van der Waals surface area contributed by atoms with Gasteiger partial charge in [-0.05, 0) is 42.8 Å². The number of carbonyl (C=O) groups is 2. The van der Waals surface area contributed by atoms with E-state index in [1.807, 2.05) is 19.1 Å². The average molecular weight is 350 g/mol. The molecule has 0 saturated heterocycles. The molecule has 2 amide bonds. The Morgan fingerprint density at radius 2 is 1.95 bits per heavy atom. The number of benzene rings is 1. The smallest absolute Gasteiger partial charge is 0.354 e. The van der Waals surface area contributed by atoms with Crippen LogP contribution in [-0.2, 0) is 0 Å². The van der Waals surface area contributed by atoms with Crippen molar-refractivity contribution < 1.29 is 14.7 Å². The first-order valence-corrected chi connectivity index (χ1v) is 6.78. The maximum atomic E-state index is 11.9. The zero-order valence-electron chi connectivity index (χ0n) is 11.1. The SMILES string of the molecule is Cc1cc(Br)ccc1NC(=O)Nc1ccc(C(=O)O)nc1. The van der Waals surface area contributed by atoms with E-state index in [9.17, 15) is 9.59 Å².